The molecule has 4 atom stereocenters. The zero-order valence-electron chi connectivity index (χ0n) is 7.97. The van der Waals surface area contributed by atoms with E-state index in [9.17, 15) is 9.90 Å². The molecule has 0 aliphatic carbocycles. The van der Waals surface area contributed by atoms with Crippen LogP contribution in [0.15, 0.2) is 0 Å². The monoisotopic (exact) mass is 224 g/mol. The van der Waals surface area contributed by atoms with Gasteiger partial charge in [-0.1, -0.05) is 0 Å². The summed E-state index contributed by atoms with van der Waals surface area (Å²) in [5.41, 5.74) is 0. The van der Waals surface area contributed by atoms with Crippen LogP contribution in [0.2, 0.25) is 0 Å². The summed E-state index contributed by atoms with van der Waals surface area (Å²) in [7, 11) is 2.65. The highest BCUT2D eigenvalue weighted by Crippen LogP contribution is 2.27. The van der Waals surface area contributed by atoms with Crippen LogP contribution >= 0.6 is 11.6 Å². The molecule has 1 aliphatic heterocycles. The lowest BCUT2D eigenvalue weighted by atomic mass is 10.1. The SMILES string of the molecule is COC(=O)[C@@H](O)[C@@H]1C[C@H](Cl)[C@@H](OC)O1. The molecule has 0 aromatic rings. The maximum atomic E-state index is 11.0. The molecule has 14 heavy (non-hydrogen) atoms. The molecule has 1 aliphatic rings. The van der Waals surface area contributed by atoms with Crippen molar-refractivity contribution in [2.24, 2.45) is 0 Å². The van der Waals surface area contributed by atoms with E-state index in [1.807, 2.05) is 0 Å². The molecule has 1 saturated heterocycles. The summed E-state index contributed by atoms with van der Waals surface area (Å²) in [5.74, 6) is -0.726. The number of ether oxygens (including phenoxy) is 3. The van der Waals surface area contributed by atoms with E-state index < -0.39 is 24.5 Å². The number of halogens is 1. The number of rotatable bonds is 3. The predicted octanol–water partition coefficient (Wildman–Crippen LogP) is -0.111. The molecule has 0 unspecified atom stereocenters. The Balaban J connectivity index is 2.52. The number of aliphatic hydroxyl groups is 1. The molecule has 1 rings (SSSR count). The normalized spacial score (nSPS) is 34.1. The van der Waals surface area contributed by atoms with Crippen molar-refractivity contribution < 1.29 is 24.1 Å². The topological polar surface area (TPSA) is 65.0 Å². The van der Waals surface area contributed by atoms with Crippen LogP contribution in [-0.4, -0.2) is 49.2 Å². The maximum Gasteiger partial charge on any atom is 0.337 e. The Labute approximate surface area is 86.9 Å². The Bertz CT molecular complexity index is 210. The van der Waals surface area contributed by atoms with E-state index in [1.54, 1.807) is 0 Å². The average Bonchev–Trinajstić information content (AvgIpc) is 2.57. The highest BCUT2D eigenvalue weighted by molar-refractivity contribution is 6.21. The second-order valence-electron chi connectivity index (χ2n) is 3.00. The van der Waals surface area contributed by atoms with Crippen molar-refractivity contribution in [1.82, 2.24) is 0 Å². The van der Waals surface area contributed by atoms with Crippen molar-refractivity contribution in [1.29, 1.82) is 0 Å². The molecule has 0 bridgehead atoms. The predicted molar refractivity (Wildman–Crippen MR) is 48.0 cm³/mol. The van der Waals surface area contributed by atoms with Gasteiger partial charge in [0.2, 0.25) is 0 Å². The van der Waals surface area contributed by atoms with Crippen molar-refractivity contribution >= 4 is 17.6 Å². The van der Waals surface area contributed by atoms with Crippen molar-refractivity contribution in [2.75, 3.05) is 14.2 Å². The standard InChI is InChI=1S/C8H13ClO5/c1-12-7(11)6(10)5-3-4(9)8(13-2)14-5/h4-6,8,10H,3H2,1-2H3/t4-,5-,6-,8-/m0/s1. The maximum absolute atomic E-state index is 11.0. The van der Waals surface area contributed by atoms with Gasteiger partial charge in [-0.3, -0.25) is 0 Å². The lowest BCUT2D eigenvalue weighted by Crippen LogP contribution is -2.35. The fraction of sp³-hybridized carbons (Fsp3) is 0.875. The van der Waals surface area contributed by atoms with Crippen LogP contribution in [-0.2, 0) is 19.0 Å². The van der Waals surface area contributed by atoms with Gasteiger partial charge < -0.3 is 19.3 Å². The van der Waals surface area contributed by atoms with E-state index in [2.05, 4.69) is 4.74 Å². The first-order valence-corrected chi connectivity index (χ1v) is 4.62. The molecule has 1 heterocycles. The molecule has 5 nitrogen and oxygen atoms in total. The molecule has 0 radical (unpaired) electrons. The number of aliphatic hydroxyl groups excluding tert-OH is 1. The van der Waals surface area contributed by atoms with Crippen LogP contribution in [0, 0.1) is 0 Å². The summed E-state index contributed by atoms with van der Waals surface area (Å²) in [6, 6.07) is 0. The van der Waals surface area contributed by atoms with Crippen LogP contribution in [0.4, 0.5) is 0 Å². The van der Waals surface area contributed by atoms with E-state index in [4.69, 9.17) is 21.1 Å². The third-order valence-corrected chi connectivity index (χ3v) is 2.47. The van der Waals surface area contributed by atoms with Crippen LogP contribution < -0.4 is 0 Å². The van der Waals surface area contributed by atoms with Crippen molar-refractivity contribution in [3.8, 4) is 0 Å². The van der Waals surface area contributed by atoms with Crippen LogP contribution in [0.3, 0.4) is 0 Å². The minimum Gasteiger partial charge on any atom is -0.467 e. The van der Waals surface area contributed by atoms with Gasteiger partial charge in [-0.05, 0) is 6.42 Å². The van der Waals surface area contributed by atoms with Gasteiger partial charge in [0, 0.05) is 7.11 Å². The second-order valence-corrected chi connectivity index (χ2v) is 3.56. The quantitative estimate of drug-likeness (QED) is 0.535. The fourth-order valence-electron chi connectivity index (χ4n) is 1.33. The average molecular weight is 225 g/mol. The summed E-state index contributed by atoms with van der Waals surface area (Å²) in [4.78, 5) is 11.0. The lowest BCUT2D eigenvalue weighted by Gasteiger charge is -2.16. The molecular formula is C8H13ClO5. The number of hydrogen-bond donors (Lipinski definition) is 1. The molecule has 82 valence electrons. The third-order valence-electron chi connectivity index (χ3n) is 2.09. The largest absolute Gasteiger partial charge is 0.467 e. The van der Waals surface area contributed by atoms with E-state index in [1.165, 1.54) is 14.2 Å². The lowest BCUT2D eigenvalue weighted by molar-refractivity contribution is -0.169. The van der Waals surface area contributed by atoms with Crippen LogP contribution in [0.25, 0.3) is 0 Å². The molecular weight excluding hydrogens is 212 g/mol. The number of carbonyl (C=O) groups excluding carboxylic acids is 1. The van der Waals surface area contributed by atoms with E-state index in [0.29, 0.717) is 6.42 Å². The molecule has 0 amide bonds. The van der Waals surface area contributed by atoms with Gasteiger partial charge in [-0.25, -0.2) is 4.79 Å². The molecule has 0 aromatic heterocycles. The van der Waals surface area contributed by atoms with Gasteiger partial charge in [0.15, 0.2) is 12.4 Å². The molecule has 0 spiro atoms. The molecule has 6 heteroatoms. The van der Waals surface area contributed by atoms with E-state index in [-0.39, 0.29) is 5.38 Å². The van der Waals surface area contributed by atoms with Crippen molar-refractivity contribution in [3.05, 3.63) is 0 Å². The summed E-state index contributed by atoms with van der Waals surface area (Å²) in [6.45, 7) is 0. The van der Waals surface area contributed by atoms with Gasteiger partial charge in [0.25, 0.3) is 0 Å². The first-order valence-electron chi connectivity index (χ1n) is 4.18. The Morgan fingerprint density at radius 1 is 1.64 bits per heavy atom. The van der Waals surface area contributed by atoms with Gasteiger partial charge in [0.05, 0.1) is 18.6 Å². The summed E-state index contributed by atoms with van der Waals surface area (Å²) < 4.78 is 14.5. The molecule has 1 fully saturated rings. The molecule has 1 N–H and O–H groups in total. The summed E-state index contributed by atoms with van der Waals surface area (Å²) in [5, 5.41) is 9.08. The first-order chi connectivity index (χ1) is 6.60. The first kappa shape index (κ1) is 11.7. The molecule has 0 aromatic carbocycles. The summed E-state index contributed by atoms with van der Waals surface area (Å²) >= 11 is 5.85. The van der Waals surface area contributed by atoms with Gasteiger partial charge in [-0.15, -0.1) is 11.6 Å². The van der Waals surface area contributed by atoms with E-state index in [0.717, 1.165) is 0 Å². The van der Waals surface area contributed by atoms with Gasteiger partial charge in [0.1, 0.15) is 0 Å². The van der Waals surface area contributed by atoms with Crippen molar-refractivity contribution in [3.63, 3.8) is 0 Å². The van der Waals surface area contributed by atoms with Gasteiger partial charge >= 0.3 is 5.97 Å². The van der Waals surface area contributed by atoms with Crippen LogP contribution in [0.1, 0.15) is 6.42 Å². The smallest absolute Gasteiger partial charge is 0.337 e. The third kappa shape index (κ3) is 2.36. The van der Waals surface area contributed by atoms with Crippen molar-refractivity contribution in [2.45, 2.75) is 30.3 Å². The number of alkyl halides is 1. The second kappa shape index (κ2) is 4.93. The van der Waals surface area contributed by atoms with Crippen LogP contribution in [0.5, 0.6) is 0 Å². The fourth-order valence-corrected chi connectivity index (χ4v) is 1.66. The minimum absolute atomic E-state index is 0.357. The highest BCUT2D eigenvalue weighted by atomic mass is 35.5. The zero-order chi connectivity index (χ0) is 10.7. The number of carbonyl (C=O) groups is 1. The highest BCUT2D eigenvalue weighted by Gasteiger charge is 2.40. The number of hydrogen-bond acceptors (Lipinski definition) is 5. The zero-order valence-corrected chi connectivity index (χ0v) is 8.73. The Hall–Kier alpha value is -0.360. The molecule has 0 saturated carbocycles. The van der Waals surface area contributed by atoms with E-state index >= 15 is 0 Å². The Kier molecular flexibility index (Phi) is 4.12. The number of esters is 1. The number of methoxy groups -OCH3 is 2. The Morgan fingerprint density at radius 3 is 2.71 bits per heavy atom. The Morgan fingerprint density at radius 2 is 2.29 bits per heavy atom. The van der Waals surface area contributed by atoms with Gasteiger partial charge in [-0.2, -0.15) is 0 Å². The minimum atomic E-state index is -1.30. The summed E-state index contributed by atoms with van der Waals surface area (Å²) in [6.07, 6.45) is -2.19.